The van der Waals surface area contributed by atoms with Gasteiger partial charge in [0.2, 0.25) is 0 Å². The van der Waals surface area contributed by atoms with Crippen molar-refractivity contribution in [2.75, 3.05) is 0 Å². The van der Waals surface area contributed by atoms with E-state index in [4.69, 9.17) is 0 Å². The average Bonchev–Trinajstić information content (AvgIpc) is 2.24. The largest absolute Gasteiger partial charge is 0.0887 e. The van der Waals surface area contributed by atoms with Crippen LogP contribution in [0.15, 0.2) is 23.3 Å². The van der Waals surface area contributed by atoms with Crippen LogP contribution in [0.25, 0.3) is 0 Å². The Bertz CT molecular complexity index is 230. The van der Waals surface area contributed by atoms with Gasteiger partial charge in [-0.2, -0.15) is 0 Å². The summed E-state index contributed by atoms with van der Waals surface area (Å²) in [6.07, 6.45) is 9.67. The van der Waals surface area contributed by atoms with E-state index in [0.29, 0.717) is 0 Å². The molecule has 0 aromatic rings. The van der Waals surface area contributed by atoms with Crippen LogP contribution in [0.2, 0.25) is 0 Å². The first kappa shape index (κ1) is 15.5. The van der Waals surface area contributed by atoms with Gasteiger partial charge in [0.05, 0.1) is 0 Å². The van der Waals surface area contributed by atoms with Crippen molar-refractivity contribution in [3.8, 4) is 0 Å². The summed E-state index contributed by atoms with van der Waals surface area (Å²) in [4.78, 5) is 0. The first-order chi connectivity index (χ1) is 7.51. The van der Waals surface area contributed by atoms with Gasteiger partial charge in [-0.1, -0.05) is 51.0 Å². The molecular weight excluding hydrogens is 192 g/mol. The van der Waals surface area contributed by atoms with E-state index in [1.165, 1.54) is 31.3 Å². The van der Waals surface area contributed by atoms with Crippen molar-refractivity contribution in [2.45, 2.75) is 67.2 Å². The third-order valence-electron chi connectivity index (χ3n) is 3.21. The van der Waals surface area contributed by atoms with E-state index in [0.717, 1.165) is 11.8 Å². The monoisotopic (exact) mass is 222 g/mol. The van der Waals surface area contributed by atoms with E-state index in [1.807, 2.05) is 0 Å². The maximum atomic E-state index is 2.44. The summed E-state index contributed by atoms with van der Waals surface area (Å²) in [6.45, 7) is 13.6. The fourth-order valence-electron chi connectivity index (χ4n) is 1.99. The molecule has 0 aliphatic heterocycles. The van der Waals surface area contributed by atoms with Gasteiger partial charge in [0.25, 0.3) is 0 Å². The third-order valence-corrected chi connectivity index (χ3v) is 3.21. The predicted molar refractivity (Wildman–Crippen MR) is 75.7 cm³/mol. The summed E-state index contributed by atoms with van der Waals surface area (Å²) >= 11 is 0. The molecule has 0 N–H and O–H groups in total. The second-order valence-corrected chi connectivity index (χ2v) is 5.36. The lowest BCUT2D eigenvalue weighted by Gasteiger charge is -2.18. The fourth-order valence-corrected chi connectivity index (χ4v) is 1.99. The molecular formula is C16H30. The topological polar surface area (TPSA) is 0 Å². The van der Waals surface area contributed by atoms with E-state index in [9.17, 15) is 0 Å². The zero-order valence-corrected chi connectivity index (χ0v) is 12.1. The van der Waals surface area contributed by atoms with Crippen LogP contribution >= 0.6 is 0 Å². The lowest BCUT2D eigenvalue weighted by Crippen LogP contribution is -2.03. The van der Waals surface area contributed by atoms with Crippen LogP contribution in [0.3, 0.4) is 0 Å². The zero-order valence-electron chi connectivity index (χ0n) is 12.1. The average molecular weight is 222 g/mol. The van der Waals surface area contributed by atoms with Gasteiger partial charge in [0.15, 0.2) is 0 Å². The highest BCUT2D eigenvalue weighted by Gasteiger charge is 2.10. The second-order valence-electron chi connectivity index (χ2n) is 5.36. The molecule has 0 rings (SSSR count). The van der Waals surface area contributed by atoms with Crippen molar-refractivity contribution in [1.29, 1.82) is 0 Å². The molecule has 0 aliphatic rings. The Hall–Kier alpha value is -0.520. The minimum Gasteiger partial charge on any atom is -0.0887 e. The van der Waals surface area contributed by atoms with Crippen LogP contribution in [0.4, 0.5) is 0 Å². The summed E-state index contributed by atoms with van der Waals surface area (Å²) in [6, 6.07) is 0. The Morgan fingerprint density at radius 2 is 1.81 bits per heavy atom. The summed E-state index contributed by atoms with van der Waals surface area (Å²) in [5, 5.41) is 0. The van der Waals surface area contributed by atoms with Crippen molar-refractivity contribution in [1.82, 2.24) is 0 Å². The quantitative estimate of drug-likeness (QED) is 0.481. The Balaban J connectivity index is 4.28. The summed E-state index contributed by atoms with van der Waals surface area (Å²) in [5.41, 5.74) is 3.19. The molecule has 0 amide bonds. The Morgan fingerprint density at radius 3 is 2.25 bits per heavy atom. The van der Waals surface area contributed by atoms with Crippen molar-refractivity contribution in [3.05, 3.63) is 23.3 Å². The lowest BCUT2D eigenvalue weighted by molar-refractivity contribution is 0.533. The summed E-state index contributed by atoms with van der Waals surface area (Å²) < 4.78 is 0. The minimum atomic E-state index is 0.747. The highest BCUT2D eigenvalue weighted by Crippen LogP contribution is 2.25. The molecule has 94 valence electrons. The van der Waals surface area contributed by atoms with Gasteiger partial charge in [0, 0.05) is 0 Å². The van der Waals surface area contributed by atoms with Crippen LogP contribution in [-0.2, 0) is 0 Å². The molecule has 0 heterocycles. The minimum absolute atomic E-state index is 0.747. The van der Waals surface area contributed by atoms with E-state index in [1.54, 1.807) is 5.57 Å². The highest BCUT2D eigenvalue weighted by molar-refractivity contribution is 5.07. The smallest absolute Gasteiger partial charge is 0.0229 e. The van der Waals surface area contributed by atoms with Crippen molar-refractivity contribution < 1.29 is 0 Å². The van der Waals surface area contributed by atoms with E-state index < -0.39 is 0 Å². The number of rotatable bonds is 7. The van der Waals surface area contributed by atoms with E-state index >= 15 is 0 Å². The highest BCUT2D eigenvalue weighted by atomic mass is 14.2. The molecule has 0 spiro atoms. The molecule has 0 nitrogen and oxygen atoms in total. The Kier molecular flexibility index (Phi) is 8.33. The molecule has 16 heavy (non-hydrogen) atoms. The molecule has 0 aliphatic carbocycles. The molecule has 0 fully saturated rings. The first-order valence-corrected chi connectivity index (χ1v) is 6.81. The van der Waals surface area contributed by atoms with Crippen LogP contribution in [0.1, 0.15) is 67.2 Å². The maximum Gasteiger partial charge on any atom is -0.0229 e. The predicted octanol–water partition coefficient (Wildman–Crippen LogP) is 5.75. The van der Waals surface area contributed by atoms with Crippen LogP contribution in [0, 0.1) is 11.8 Å². The standard InChI is InChI=1S/C16H30/c1-7-9-16(12-13(3)4)15(6)11-10-14(5)8-2/h8-9,13,15H,7,10-12H2,1-6H3. The van der Waals surface area contributed by atoms with Gasteiger partial charge in [-0.25, -0.2) is 0 Å². The fraction of sp³-hybridized carbons (Fsp3) is 0.750. The van der Waals surface area contributed by atoms with Crippen LogP contribution in [-0.4, -0.2) is 0 Å². The molecule has 0 radical (unpaired) electrons. The lowest BCUT2D eigenvalue weighted by atomic mass is 9.88. The number of hydrogen-bond acceptors (Lipinski definition) is 0. The molecule has 1 unspecified atom stereocenters. The third kappa shape index (κ3) is 6.87. The molecule has 0 aromatic heterocycles. The normalized spacial score (nSPS) is 15.7. The second kappa shape index (κ2) is 8.61. The SMILES string of the molecule is CC=C(C)CCC(C)C(=CCC)CC(C)C. The maximum absolute atomic E-state index is 2.44. The van der Waals surface area contributed by atoms with Crippen molar-refractivity contribution >= 4 is 0 Å². The Morgan fingerprint density at radius 1 is 1.19 bits per heavy atom. The van der Waals surface area contributed by atoms with Crippen molar-refractivity contribution in [3.63, 3.8) is 0 Å². The molecule has 0 saturated heterocycles. The van der Waals surface area contributed by atoms with Gasteiger partial charge in [0.1, 0.15) is 0 Å². The molecule has 0 bridgehead atoms. The molecule has 0 heteroatoms. The van der Waals surface area contributed by atoms with Gasteiger partial charge in [-0.05, 0) is 51.4 Å². The van der Waals surface area contributed by atoms with Gasteiger partial charge >= 0.3 is 0 Å². The van der Waals surface area contributed by atoms with Gasteiger partial charge in [-0.3, -0.25) is 0 Å². The van der Waals surface area contributed by atoms with Crippen LogP contribution < -0.4 is 0 Å². The number of hydrogen-bond donors (Lipinski definition) is 0. The summed E-state index contributed by atoms with van der Waals surface area (Å²) in [5.74, 6) is 1.53. The molecule has 1 atom stereocenters. The van der Waals surface area contributed by atoms with Gasteiger partial charge in [-0.15, -0.1) is 0 Å². The zero-order chi connectivity index (χ0) is 12.6. The van der Waals surface area contributed by atoms with Gasteiger partial charge < -0.3 is 0 Å². The summed E-state index contributed by atoms with van der Waals surface area (Å²) in [7, 11) is 0. The molecule has 0 aromatic carbocycles. The van der Waals surface area contributed by atoms with Crippen LogP contribution in [0.5, 0.6) is 0 Å². The van der Waals surface area contributed by atoms with Crippen molar-refractivity contribution in [2.24, 2.45) is 11.8 Å². The van der Waals surface area contributed by atoms with E-state index in [2.05, 4.69) is 53.7 Å². The number of allylic oxidation sites excluding steroid dienone is 4. The first-order valence-electron chi connectivity index (χ1n) is 6.81. The van der Waals surface area contributed by atoms with E-state index in [-0.39, 0.29) is 0 Å². The Labute approximate surface area is 103 Å². The molecule has 0 saturated carbocycles.